The van der Waals surface area contributed by atoms with Gasteiger partial charge < -0.3 is 46.1 Å². The molecule has 0 amide bonds. The summed E-state index contributed by atoms with van der Waals surface area (Å²) in [4.78, 5) is 0. The molecule has 0 unspecified atom stereocenters. The van der Waals surface area contributed by atoms with Crippen molar-refractivity contribution >= 4 is 0 Å². The number of rotatable bonds is 1. The van der Waals surface area contributed by atoms with Gasteiger partial charge in [0.1, 0.15) is 0 Å². The predicted molar refractivity (Wildman–Crippen MR) is 687 cm³/mol. The fraction of sp³-hybridized carbons (Fsp3) is 0.910. The zero-order chi connectivity index (χ0) is 116. The Labute approximate surface area is 920 Å². The minimum atomic E-state index is 0.833. The molecule has 9 nitrogen and oxygen atoms in total. The number of hydrogen-bond donors (Lipinski definition) is 6. The summed E-state index contributed by atoms with van der Waals surface area (Å²) in [5, 5.41) is 19.5. The number of fused-ring (bicyclic) bond motifs is 2. The summed E-state index contributed by atoms with van der Waals surface area (Å²) in [6, 6.07) is 17.4. The summed E-state index contributed by atoms with van der Waals surface area (Å²) in [5.74, 6) is 11.2. The first-order valence-corrected chi connectivity index (χ1v) is 63.4. The molecule has 888 valence electrons. The van der Waals surface area contributed by atoms with Gasteiger partial charge in [-0.1, -0.05) is 560 Å². The third-order valence-corrected chi connectivity index (χ3v) is 15.5. The Morgan fingerprint density at radius 1 is 0.168 bits per heavy atom. The fourth-order valence-electron chi connectivity index (χ4n) is 9.80. The van der Waals surface area contributed by atoms with Gasteiger partial charge in [-0.05, 0) is 235 Å². The maximum Gasteiger partial charge on any atom is 0.0591 e. The molecular formula is C134H304N6O3. The van der Waals surface area contributed by atoms with Crippen LogP contribution < -0.4 is 31.9 Å². The van der Waals surface area contributed by atoms with Gasteiger partial charge in [-0.2, -0.15) is 0 Å². The fourth-order valence-corrected chi connectivity index (χ4v) is 9.80. The molecule has 7 heterocycles. The van der Waals surface area contributed by atoms with E-state index in [-0.39, 0.29) is 0 Å². The number of nitrogens with one attached hydrogen (secondary N) is 6. The zero-order valence-corrected chi connectivity index (χ0v) is 113. The first-order chi connectivity index (χ1) is 68.3. The van der Waals surface area contributed by atoms with Crippen LogP contribution in [0.5, 0.6) is 0 Å². The largest absolute Gasteiger partial charge is 0.381 e. The van der Waals surface area contributed by atoms with Crippen LogP contribution in [0.3, 0.4) is 0 Å². The Kier molecular flexibility index (Phi) is 270. The number of morpholine rings is 1. The summed E-state index contributed by atoms with van der Waals surface area (Å²) in [6.07, 6.45) is 45.5. The van der Waals surface area contributed by atoms with E-state index < -0.39 is 0 Å². The quantitative estimate of drug-likeness (QED) is 0.167. The van der Waals surface area contributed by atoms with Gasteiger partial charge in [-0.25, -0.2) is 0 Å². The van der Waals surface area contributed by atoms with Gasteiger partial charge in [0.15, 0.2) is 0 Å². The monoisotopic (exact) mass is 2050 g/mol. The second kappa shape index (κ2) is 201. The van der Waals surface area contributed by atoms with E-state index in [9.17, 15) is 0 Å². The molecule has 12 aliphatic rings. The highest BCUT2D eigenvalue weighted by Gasteiger charge is 2.24. The highest BCUT2D eigenvalue weighted by Crippen LogP contribution is 2.35. The van der Waals surface area contributed by atoms with E-state index in [1.165, 1.54) is 243 Å². The summed E-state index contributed by atoms with van der Waals surface area (Å²) in [5.41, 5.74) is 6.14. The van der Waals surface area contributed by atoms with Crippen molar-refractivity contribution in [1.82, 2.24) is 31.9 Å². The van der Waals surface area contributed by atoms with E-state index in [4.69, 9.17) is 14.2 Å². The van der Waals surface area contributed by atoms with E-state index in [0.29, 0.717) is 0 Å². The average Bonchev–Trinajstić information content (AvgIpc) is 1.27. The van der Waals surface area contributed by atoms with Crippen LogP contribution in [0.4, 0.5) is 0 Å². The maximum absolute atomic E-state index is 5.07. The second-order valence-electron chi connectivity index (χ2n) is 41.7. The number of ether oxygens (including phenoxy) is 3. The van der Waals surface area contributed by atoms with E-state index in [1.807, 2.05) is 166 Å². The maximum atomic E-state index is 5.07. The lowest BCUT2D eigenvalue weighted by Gasteiger charge is -2.15. The Morgan fingerprint density at radius 2 is 0.329 bits per heavy atom. The smallest absolute Gasteiger partial charge is 0.0591 e. The average molecular weight is 2050 g/mol. The molecular weight excluding hydrogens is 1740 g/mol. The Balaban J connectivity index is -0.0000000570. The van der Waals surface area contributed by atoms with Crippen molar-refractivity contribution in [2.24, 2.45) is 76.9 Å². The van der Waals surface area contributed by atoms with Crippen LogP contribution in [0.1, 0.15) is 617 Å². The molecule has 9 heteroatoms. The van der Waals surface area contributed by atoms with Crippen molar-refractivity contribution in [3.8, 4) is 0 Å². The van der Waals surface area contributed by atoms with E-state index in [1.54, 1.807) is 11.1 Å². The Hall–Kier alpha value is -1.92. The summed E-state index contributed by atoms with van der Waals surface area (Å²) in [7, 11) is 0. The van der Waals surface area contributed by atoms with Crippen LogP contribution in [0, 0.1) is 76.9 Å². The van der Waals surface area contributed by atoms with E-state index in [2.05, 4.69) is 323 Å². The molecule has 0 aromatic heterocycles. The summed E-state index contributed by atoms with van der Waals surface area (Å²) < 4.78 is 15.0. The van der Waals surface area contributed by atoms with Crippen LogP contribution in [0.2, 0.25) is 0 Å². The lowest BCUT2D eigenvalue weighted by atomic mass is 9.92. The molecule has 6 saturated heterocycles. The molecule has 5 aliphatic carbocycles. The van der Waals surface area contributed by atoms with Gasteiger partial charge in [0.2, 0.25) is 0 Å². The Morgan fingerprint density at radius 3 is 0.455 bits per heavy atom. The molecule has 6 N–H and O–H groups in total. The highest BCUT2D eigenvalue weighted by molar-refractivity contribution is 5.29. The number of piperazine rings is 1. The third-order valence-electron chi connectivity index (χ3n) is 15.5. The standard InChI is InChI=1S/C10H12.C9H11N.2C6H12.C5H11N.C5H10O.C5H10.C4H10N2.C4H9NO.C4H9N.C4H8O.C4H8.11C4H10.12C2H6/c1-2-6-10-8-4-3-7-9(10)5-1;1-2-4-9-7-10-6-5-8(9)3-1;1-5(2)6-3-4-6;3*1-2-4-6-5-3-1;1-2-4-5-3-1;1-2-6-4-3-5-1;1-3-6-4-2-5-1;2*1-2-4-5-3-1;1-2-4-3-1;11*1-4(2)3;12*1-2/h1-2,5-6H,3-4,7-8H2;1-4,10H,5-7H2;5-6H,3-4H2,1-2H3;1-6H2;6H,1-5H2;1-5H2;1-5H2;5-6H,1-4H2;5H,1-4H2;5H,1-4H2;1-4H2;1-4H2;11*4H,1-3H3;12*1-2H3. The van der Waals surface area contributed by atoms with Crippen LogP contribution in [-0.4, -0.2) is 112 Å². The predicted octanol–water partition coefficient (Wildman–Crippen LogP) is 44.3. The second-order valence-corrected chi connectivity index (χ2v) is 41.7. The van der Waals surface area contributed by atoms with Crippen molar-refractivity contribution in [1.29, 1.82) is 0 Å². The van der Waals surface area contributed by atoms with E-state index >= 15 is 0 Å². The van der Waals surface area contributed by atoms with Crippen LogP contribution in [-0.2, 0) is 40.0 Å². The normalized spacial score (nSPS) is 14.7. The molecule has 0 spiro atoms. The van der Waals surface area contributed by atoms with Gasteiger partial charge in [-0.15, -0.1) is 0 Å². The van der Waals surface area contributed by atoms with Gasteiger partial charge in [0.25, 0.3) is 0 Å². The minimum absolute atomic E-state index is 0.833. The number of hydrogen-bond acceptors (Lipinski definition) is 9. The minimum Gasteiger partial charge on any atom is -0.381 e. The lowest BCUT2D eigenvalue weighted by Crippen LogP contribution is -2.39. The molecule has 2 aromatic rings. The molecule has 0 bridgehead atoms. The van der Waals surface area contributed by atoms with Crippen molar-refractivity contribution < 1.29 is 14.2 Å². The van der Waals surface area contributed by atoms with Gasteiger partial charge in [0.05, 0.1) is 13.2 Å². The number of aryl methyl sites for hydroxylation is 2. The van der Waals surface area contributed by atoms with Gasteiger partial charge in [-0.3, -0.25) is 0 Å². The Bertz CT molecular complexity index is 1560. The number of piperidine rings is 1. The van der Waals surface area contributed by atoms with Crippen molar-refractivity contribution in [2.45, 2.75) is 621 Å². The molecule has 7 aliphatic heterocycles. The zero-order valence-electron chi connectivity index (χ0n) is 113. The van der Waals surface area contributed by atoms with Crippen molar-refractivity contribution in [3.05, 3.63) is 70.8 Å². The lowest BCUT2D eigenvalue weighted by molar-refractivity contribution is 0.0968. The molecule has 4 saturated carbocycles. The van der Waals surface area contributed by atoms with Crippen molar-refractivity contribution in [3.63, 3.8) is 0 Å². The highest BCUT2D eigenvalue weighted by atomic mass is 16.5. The summed E-state index contributed by atoms with van der Waals surface area (Å²) in [6.45, 7) is 144. The SMILES string of the molecule is C1CCC1.C1CCCC1.C1CCCCC1.C1CCNC1.C1CCNCC1.C1CCOC1.C1CCOCC1.C1CNCCN1.C1COCCN1.CC.CC.CC.CC.CC.CC.CC.CC.CC.CC.CC.CC.CC(C)C.CC(C)C.CC(C)C.CC(C)C.CC(C)C.CC(C)C.CC(C)C.CC(C)C.CC(C)C.CC(C)C.CC(C)C.CC(C)C1CC1.c1ccc2c(c1)CCCC2.c1ccc2c(c1)CCNC2. The van der Waals surface area contributed by atoms with Gasteiger partial charge >= 0.3 is 0 Å². The van der Waals surface area contributed by atoms with Gasteiger partial charge in [0, 0.05) is 72.2 Å². The third kappa shape index (κ3) is 329. The first kappa shape index (κ1) is 192. The molecule has 0 atom stereocenters. The van der Waals surface area contributed by atoms with Crippen LogP contribution in [0.25, 0.3) is 0 Å². The molecule has 14 rings (SSSR count). The van der Waals surface area contributed by atoms with E-state index in [0.717, 1.165) is 169 Å². The summed E-state index contributed by atoms with van der Waals surface area (Å²) >= 11 is 0. The van der Waals surface area contributed by atoms with Crippen LogP contribution in [0.15, 0.2) is 48.5 Å². The molecule has 10 fully saturated rings. The van der Waals surface area contributed by atoms with Crippen LogP contribution >= 0.6 is 0 Å². The molecule has 2 aromatic carbocycles. The molecule has 143 heavy (non-hydrogen) atoms. The topological polar surface area (TPSA) is 99.9 Å². The number of benzene rings is 2. The van der Waals surface area contributed by atoms with Crippen molar-refractivity contribution in [2.75, 3.05) is 112 Å². The first-order valence-electron chi connectivity index (χ1n) is 63.4. The molecule has 0 radical (unpaired) electrons.